The molecule has 2 rings (SSSR count). The number of benzene rings is 2. The summed E-state index contributed by atoms with van der Waals surface area (Å²) in [6, 6.07) is 11.9. The minimum atomic E-state index is -0.759. The molecule has 0 saturated heterocycles. The van der Waals surface area contributed by atoms with Crippen LogP contribution in [-0.4, -0.2) is 25.6 Å². The highest BCUT2D eigenvalue weighted by atomic mass is 19.1. The first-order valence-electron chi connectivity index (χ1n) is 6.40. The molecule has 2 aromatic rings. The summed E-state index contributed by atoms with van der Waals surface area (Å²) in [5.74, 6) is -1.33. The van der Waals surface area contributed by atoms with Crippen molar-refractivity contribution in [2.75, 3.05) is 19.8 Å². The maximum Gasteiger partial charge on any atom is 0.191 e. The van der Waals surface area contributed by atoms with E-state index in [9.17, 15) is 13.6 Å². The van der Waals surface area contributed by atoms with Crippen LogP contribution < -0.4 is 4.74 Å². The molecular formula is C16H14F2O3. The third kappa shape index (κ3) is 4.65. The number of hydrogen-bond donors (Lipinski definition) is 0. The fourth-order valence-corrected chi connectivity index (χ4v) is 1.69. The van der Waals surface area contributed by atoms with E-state index < -0.39 is 17.4 Å². The van der Waals surface area contributed by atoms with Gasteiger partial charge < -0.3 is 9.47 Å². The van der Waals surface area contributed by atoms with Crippen molar-refractivity contribution in [3.8, 4) is 5.75 Å². The van der Waals surface area contributed by atoms with Crippen LogP contribution in [0, 0.1) is 11.6 Å². The second-order valence-electron chi connectivity index (χ2n) is 4.26. The SMILES string of the molecule is O=C(COCCOc1ccccc1)c1cc(F)ccc1F. The molecular weight excluding hydrogens is 278 g/mol. The molecule has 110 valence electrons. The smallest absolute Gasteiger partial charge is 0.191 e. The van der Waals surface area contributed by atoms with Gasteiger partial charge in [0.15, 0.2) is 5.78 Å². The molecule has 0 saturated carbocycles. The molecule has 0 aliphatic heterocycles. The van der Waals surface area contributed by atoms with E-state index in [1.165, 1.54) is 0 Å². The Bertz CT molecular complexity index is 600. The Kier molecular flexibility index (Phi) is 5.40. The number of Topliss-reactive ketones (excluding diaryl/α,β-unsaturated/α-hetero) is 1. The van der Waals surface area contributed by atoms with Gasteiger partial charge in [-0.1, -0.05) is 18.2 Å². The summed E-state index contributed by atoms with van der Waals surface area (Å²) in [5.41, 5.74) is -0.307. The molecule has 0 aromatic heterocycles. The van der Waals surface area contributed by atoms with Gasteiger partial charge in [0.25, 0.3) is 0 Å². The van der Waals surface area contributed by atoms with E-state index in [-0.39, 0.29) is 25.4 Å². The lowest BCUT2D eigenvalue weighted by Crippen LogP contribution is -2.15. The Balaban J connectivity index is 1.73. The number of para-hydroxylation sites is 1. The number of hydrogen-bond acceptors (Lipinski definition) is 3. The van der Waals surface area contributed by atoms with Crippen molar-refractivity contribution in [3.05, 3.63) is 65.7 Å². The molecule has 0 aliphatic carbocycles. The number of carbonyl (C=O) groups excluding carboxylic acids is 1. The largest absolute Gasteiger partial charge is 0.491 e. The van der Waals surface area contributed by atoms with Gasteiger partial charge in [-0.3, -0.25) is 4.79 Å². The second-order valence-corrected chi connectivity index (χ2v) is 4.26. The monoisotopic (exact) mass is 292 g/mol. The van der Waals surface area contributed by atoms with Gasteiger partial charge in [0.2, 0.25) is 0 Å². The molecule has 3 nitrogen and oxygen atoms in total. The van der Waals surface area contributed by atoms with Gasteiger partial charge in [-0.05, 0) is 30.3 Å². The van der Waals surface area contributed by atoms with Crippen molar-refractivity contribution in [2.45, 2.75) is 0 Å². The van der Waals surface area contributed by atoms with E-state index >= 15 is 0 Å². The van der Waals surface area contributed by atoms with Gasteiger partial charge in [-0.15, -0.1) is 0 Å². The van der Waals surface area contributed by atoms with Crippen molar-refractivity contribution < 1.29 is 23.0 Å². The summed E-state index contributed by atoms with van der Waals surface area (Å²) < 4.78 is 36.8. The summed E-state index contributed by atoms with van der Waals surface area (Å²) >= 11 is 0. The zero-order valence-electron chi connectivity index (χ0n) is 11.2. The molecule has 5 heteroatoms. The van der Waals surface area contributed by atoms with Crippen LogP contribution in [0.15, 0.2) is 48.5 Å². The van der Waals surface area contributed by atoms with Crippen LogP contribution in [0.1, 0.15) is 10.4 Å². The topological polar surface area (TPSA) is 35.5 Å². The van der Waals surface area contributed by atoms with Crippen molar-refractivity contribution in [1.29, 1.82) is 0 Å². The van der Waals surface area contributed by atoms with E-state index in [0.29, 0.717) is 5.75 Å². The molecule has 0 fully saturated rings. The Labute approximate surface area is 121 Å². The van der Waals surface area contributed by atoms with Crippen LogP contribution in [0.5, 0.6) is 5.75 Å². The summed E-state index contributed by atoms with van der Waals surface area (Å²) in [7, 11) is 0. The molecule has 0 atom stereocenters. The van der Waals surface area contributed by atoms with E-state index in [0.717, 1.165) is 18.2 Å². The van der Waals surface area contributed by atoms with Gasteiger partial charge >= 0.3 is 0 Å². The standard InChI is InChI=1S/C16H14F2O3/c17-12-6-7-15(18)14(10-12)16(19)11-20-8-9-21-13-4-2-1-3-5-13/h1-7,10H,8-9,11H2. The van der Waals surface area contributed by atoms with Crippen LogP contribution in [-0.2, 0) is 4.74 Å². The van der Waals surface area contributed by atoms with Gasteiger partial charge in [-0.2, -0.15) is 0 Å². The van der Waals surface area contributed by atoms with Crippen molar-refractivity contribution in [1.82, 2.24) is 0 Å². The van der Waals surface area contributed by atoms with Crippen molar-refractivity contribution >= 4 is 5.78 Å². The average Bonchev–Trinajstić information content (AvgIpc) is 2.50. The van der Waals surface area contributed by atoms with Crippen LogP contribution in [0.2, 0.25) is 0 Å². The molecule has 0 unspecified atom stereocenters. The molecule has 0 bridgehead atoms. The minimum Gasteiger partial charge on any atom is -0.491 e. The summed E-state index contributed by atoms with van der Waals surface area (Å²) in [4.78, 5) is 11.7. The number of ether oxygens (including phenoxy) is 2. The summed E-state index contributed by atoms with van der Waals surface area (Å²) in [6.45, 7) is 0.124. The number of halogens is 2. The fraction of sp³-hybridized carbons (Fsp3) is 0.188. The van der Waals surface area contributed by atoms with Crippen LogP contribution in [0.25, 0.3) is 0 Å². The minimum absolute atomic E-state index is 0.178. The first-order valence-corrected chi connectivity index (χ1v) is 6.40. The number of carbonyl (C=O) groups is 1. The molecule has 0 radical (unpaired) electrons. The van der Waals surface area contributed by atoms with Gasteiger partial charge in [0.05, 0.1) is 12.2 Å². The molecule has 2 aromatic carbocycles. The summed E-state index contributed by atoms with van der Waals surface area (Å²) in [5, 5.41) is 0. The molecule has 0 aliphatic rings. The van der Waals surface area contributed by atoms with E-state index in [1.807, 2.05) is 18.2 Å². The predicted molar refractivity (Wildman–Crippen MR) is 73.4 cm³/mol. The second kappa shape index (κ2) is 7.50. The van der Waals surface area contributed by atoms with Crippen LogP contribution in [0.3, 0.4) is 0 Å². The average molecular weight is 292 g/mol. The van der Waals surface area contributed by atoms with Gasteiger partial charge in [-0.25, -0.2) is 8.78 Å². The molecule has 0 amide bonds. The van der Waals surface area contributed by atoms with Crippen LogP contribution in [0.4, 0.5) is 8.78 Å². The zero-order valence-corrected chi connectivity index (χ0v) is 11.2. The van der Waals surface area contributed by atoms with E-state index in [1.54, 1.807) is 12.1 Å². The normalized spacial score (nSPS) is 10.4. The van der Waals surface area contributed by atoms with Gasteiger partial charge in [0.1, 0.15) is 30.6 Å². The van der Waals surface area contributed by atoms with Gasteiger partial charge in [0, 0.05) is 0 Å². The van der Waals surface area contributed by atoms with Crippen molar-refractivity contribution in [2.24, 2.45) is 0 Å². The fourth-order valence-electron chi connectivity index (χ4n) is 1.69. The Morgan fingerprint density at radius 1 is 1.00 bits per heavy atom. The van der Waals surface area contributed by atoms with E-state index in [2.05, 4.69) is 0 Å². The molecule has 0 N–H and O–H groups in total. The first kappa shape index (κ1) is 15.1. The number of ketones is 1. The predicted octanol–water partition coefficient (Wildman–Crippen LogP) is 3.24. The first-order chi connectivity index (χ1) is 10.2. The highest BCUT2D eigenvalue weighted by molar-refractivity contribution is 5.97. The zero-order chi connectivity index (χ0) is 15.1. The maximum absolute atomic E-state index is 13.3. The third-order valence-electron chi connectivity index (χ3n) is 2.70. The van der Waals surface area contributed by atoms with Crippen molar-refractivity contribution in [3.63, 3.8) is 0 Å². The lowest BCUT2D eigenvalue weighted by atomic mass is 10.1. The Morgan fingerprint density at radius 3 is 2.52 bits per heavy atom. The third-order valence-corrected chi connectivity index (χ3v) is 2.70. The van der Waals surface area contributed by atoms with Crippen LogP contribution >= 0.6 is 0 Å². The molecule has 21 heavy (non-hydrogen) atoms. The highest BCUT2D eigenvalue weighted by Gasteiger charge is 2.12. The number of rotatable bonds is 7. The maximum atomic E-state index is 13.3. The lowest BCUT2D eigenvalue weighted by Gasteiger charge is -2.07. The lowest BCUT2D eigenvalue weighted by molar-refractivity contribution is 0.0684. The molecule has 0 spiro atoms. The highest BCUT2D eigenvalue weighted by Crippen LogP contribution is 2.11. The molecule has 0 heterocycles. The quantitative estimate of drug-likeness (QED) is 0.580. The van der Waals surface area contributed by atoms with E-state index in [4.69, 9.17) is 9.47 Å². The Hall–Kier alpha value is -2.27. The Morgan fingerprint density at radius 2 is 1.76 bits per heavy atom. The summed E-state index contributed by atoms with van der Waals surface area (Å²) in [6.07, 6.45) is 0.